The second kappa shape index (κ2) is 5.03. The van der Waals surface area contributed by atoms with Crippen LogP contribution in [0.3, 0.4) is 0 Å². The summed E-state index contributed by atoms with van der Waals surface area (Å²) >= 11 is 5.70. The maximum absolute atomic E-state index is 12.1. The molecule has 0 aliphatic heterocycles. The first-order valence-corrected chi connectivity index (χ1v) is 6.54. The van der Waals surface area contributed by atoms with Gasteiger partial charge in [-0.1, -0.05) is 25.4 Å². The lowest BCUT2D eigenvalue weighted by atomic mass is 9.64. The maximum atomic E-state index is 12.1. The van der Waals surface area contributed by atoms with E-state index in [0.717, 1.165) is 6.07 Å². The van der Waals surface area contributed by atoms with Crippen LogP contribution in [0.2, 0.25) is 5.02 Å². The zero-order valence-corrected chi connectivity index (χ0v) is 11.8. The van der Waals surface area contributed by atoms with E-state index in [0.29, 0.717) is 6.42 Å². The Morgan fingerprint density at radius 2 is 2.20 bits per heavy atom. The zero-order valence-electron chi connectivity index (χ0n) is 11.1. The number of nitrogens with one attached hydrogen (secondary N) is 1. The van der Waals surface area contributed by atoms with Crippen molar-refractivity contribution in [2.45, 2.75) is 32.4 Å². The summed E-state index contributed by atoms with van der Waals surface area (Å²) in [4.78, 5) is 22.5. The van der Waals surface area contributed by atoms with Crippen molar-refractivity contribution in [3.05, 3.63) is 38.9 Å². The van der Waals surface area contributed by atoms with Gasteiger partial charge < -0.3 is 10.4 Å². The molecule has 2 rings (SSSR count). The lowest BCUT2D eigenvalue weighted by molar-refractivity contribution is -0.385. The van der Waals surface area contributed by atoms with Crippen LogP contribution in [0.25, 0.3) is 0 Å². The van der Waals surface area contributed by atoms with E-state index in [1.54, 1.807) is 0 Å². The fraction of sp³-hybridized carbons (Fsp3) is 0.462. The average molecular weight is 299 g/mol. The van der Waals surface area contributed by atoms with Crippen molar-refractivity contribution < 1.29 is 14.8 Å². The molecule has 2 atom stereocenters. The van der Waals surface area contributed by atoms with Gasteiger partial charge in [-0.3, -0.25) is 14.9 Å². The van der Waals surface area contributed by atoms with Crippen molar-refractivity contribution in [2.75, 3.05) is 0 Å². The molecule has 1 aliphatic carbocycles. The number of aliphatic hydroxyl groups is 1. The molecule has 1 fully saturated rings. The summed E-state index contributed by atoms with van der Waals surface area (Å²) in [6, 6.07) is 3.71. The Balaban J connectivity index is 2.20. The van der Waals surface area contributed by atoms with E-state index in [9.17, 15) is 20.0 Å². The van der Waals surface area contributed by atoms with Crippen molar-refractivity contribution in [3.8, 4) is 0 Å². The van der Waals surface area contributed by atoms with Gasteiger partial charge in [0.1, 0.15) is 5.56 Å². The number of nitro benzene ring substituents is 1. The molecule has 6 nitrogen and oxygen atoms in total. The molecule has 1 aromatic rings. The molecule has 2 N–H and O–H groups in total. The largest absolute Gasteiger partial charge is 0.392 e. The molecule has 0 heterocycles. The maximum Gasteiger partial charge on any atom is 0.283 e. The second-order valence-corrected chi connectivity index (χ2v) is 5.95. The number of nitrogens with zero attached hydrogens (tertiary/aromatic N) is 1. The molecule has 108 valence electrons. The standard InChI is InChI=1S/C13H15ClN2O4/c1-13(2)10(6-11(13)17)15-12(18)8-4-3-7(14)5-9(8)16(19)20/h3-5,10-11,17H,6H2,1-2H3,(H,15,18). The average Bonchev–Trinajstić information content (AvgIpc) is 2.38. The number of amides is 1. The third-order valence-electron chi connectivity index (χ3n) is 3.92. The number of hydrogen-bond acceptors (Lipinski definition) is 4. The number of aliphatic hydroxyl groups excluding tert-OH is 1. The Labute approximate surface area is 120 Å². The van der Waals surface area contributed by atoms with Gasteiger partial charge in [-0.05, 0) is 18.6 Å². The van der Waals surface area contributed by atoms with Crippen molar-refractivity contribution in [1.82, 2.24) is 5.32 Å². The molecule has 20 heavy (non-hydrogen) atoms. The molecule has 1 aromatic carbocycles. The third-order valence-corrected chi connectivity index (χ3v) is 4.16. The highest BCUT2D eigenvalue weighted by Crippen LogP contribution is 2.40. The number of nitro groups is 1. The lowest BCUT2D eigenvalue weighted by Crippen LogP contribution is -2.61. The Morgan fingerprint density at radius 3 is 2.70 bits per heavy atom. The van der Waals surface area contributed by atoms with Crippen LogP contribution < -0.4 is 5.32 Å². The molecule has 0 saturated heterocycles. The quantitative estimate of drug-likeness (QED) is 0.660. The van der Waals surface area contributed by atoms with Gasteiger partial charge in [0.25, 0.3) is 11.6 Å². The lowest BCUT2D eigenvalue weighted by Gasteiger charge is -2.49. The van der Waals surface area contributed by atoms with E-state index in [1.807, 2.05) is 13.8 Å². The first-order valence-electron chi connectivity index (χ1n) is 6.16. The predicted octanol–water partition coefficient (Wildman–Crippen LogP) is 2.14. The van der Waals surface area contributed by atoms with Crippen LogP contribution >= 0.6 is 11.6 Å². The van der Waals surface area contributed by atoms with Crippen molar-refractivity contribution in [3.63, 3.8) is 0 Å². The summed E-state index contributed by atoms with van der Waals surface area (Å²) in [7, 11) is 0. The third kappa shape index (κ3) is 2.48. The topological polar surface area (TPSA) is 92.5 Å². The summed E-state index contributed by atoms with van der Waals surface area (Å²) < 4.78 is 0. The van der Waals surface area contributed by atoms with E-state index < -0.39 is 22.3 Å². The highest BCUT2D eigenvalue weighted by molar-refractivity contribution is 6.31. The number of hydrogen-bond donors (Lipinski definition) is 2. The van der Waals surface area contributed by atoms with Crippen molar-refractivity contribution in [1.29, 1.82) is 0 Å². The minimum atomic E-state index is -0.637. The molecule has 7 heteroatoms. The fourth-order valence-electron chi connectivity index (χ4n) is 2.23. The van der Waals surface area contributed by atoms with Gasteiger partial charge in [0, 0.05) is 22.5 Å². The Kier molecular flexibility index (Phi) is 3.71. The van der Waals surface area contributed by atoms with Gasteiger partial charge in [-0.25, -0.2) is 0 Å². The Hall–Kier alpha value is -1.66. The fourth-order valence-corrected chi connectivity index (χ4v) is 2.40. The second-order valence-electron chi connectivity index (χ2n) is 5.52. The number of carbonyl (C=O) groups is 1. The molecule has 2 unspecified atom stereocenters. The molecule has 1 amide bonds. The summed E-state index contributed by atoms with van der Waals surface area (Å²) in [5, 5.41) is 23.5. The highest BCUT2D eigenvalue weighted by atomic mass is 35.5. The van der Waals surface area contributed by atoms with Crippen molar-refractivity contribution in [2.24, 2.45) is 5.41 Å². The van der Waals surface area contributed by atoms with Crippen LogP contribution in [0.5, 0.6) is 0 Å². The molecule has 0 aromatic heterocycles. The summed E-state index contributed by atoms with van der Waals surface area (Å²) in [6.45, 7) is 3.67. The SMILES string of the molecule is CC1(C)C(O)CC1NC(=O)c1ccc(Cl)cc1[N+](=O)[O-]. The molecule has 1 aliphatic rings. The molecule has 0 bridgehead atoms. The Bertz CT molecular complexity index is 573. The molecule has 0 radical (unpaired) electrons. The summed E-state index contributed by atoms with van der Waals surface area (Å²) in [6.07, 6.45) is -0.0341. The van der Waals surface area contributed by atoms with E-state index in [2.05, 4.69) is 5.32 Å². The van der Waals surface area contributed by atoms with E-state index in [-0.39, 0.29) is 22.3 Å². The minimum Gasteiger partial charge on any atom is -0.392 e. The van der Waals surface area contributed by atoms with E-state index in [1.165, 1.54) is 12.1 Å². The van der Waals surface area contributed by atoms with Crippen LogP contribution in [-0.4, -0.2) is 28.1 Å². The van der Waals surface area contributed by atoms with Crippen LogP contribution in [0.4, 0.5) is 5.69 Å². The minimum absolute atomic E-state index is 0.0309. The molecular formula is C13H15ClN2O4. The van der Waals surface area contributed by atoms with Gasteiger partial charge in [0.05, 0.1) is 11.0 Å². The smallest absolute Gasteiger partial charge is 0.283 e. The molecular weight excluding hydrogens is 284 g/mol. The zero-order chi connectivity index (χ0) is 15.1. The number of halogens is 1. The predicted molar refractivity (Wildman–Crippen MR) is 73.8 cm³/mol. The van der Waals surface area contributed by atoms with E-state index >= 15 is 0 Å². The first kappa shape index (κ1) is 14.7. The van der Waals surface area contributed by atoms with Crippen LogP contribution in [0.15, 0.2) is 18.2 Å². The number of benzene rings is 1. The van der Waals surface area contributed by atoms with Gasteiger partial charge in [-0.15, -0.1) is 0 Å². The van der Waals surface area contributed by atoms with Crippen LogP contribution in [0.1, 0.15) is 30.6 Å². The Morgan fingerprint density at radius 1 is 1.55 bits per heavy atom. The van der Waals surface area contributed by atoms with Crippen molar-refractivity contribution >= 4 is 23.2 Å². The van der Waals surface area contributed by atoms with Gasteiger partial charge in [0.15, 0.2) is 0 Å². The highest BCUT2D eigenvalue weighted by Gasteiger charge is 2.48. The summed E-state index contributed by atoms with van der Waals surface area (Å²) in [5.74, 6) is -0.529. The van der Waals surface area contributed by atoms with Gasteiger partial charge in [0.2, 0.25) is 0 Å². The summed E-state index contributed by atoms with van der Waals surface area (Å²) in [5.41, 5.74) is -0.791. The number of carbonyl (C=O) groups excluding carboxylic acids is 1. The first-order chi connectivity index (χ1) is 9.23. The van der Waals surface area contributed by atoms with Gasteiger partial charge >= 0.3 is 0 Å². The van der Waals surface area contributed by atoms with Crippen LogP contribution in [0, 0.1) is 15.5 Å². The van der Waals surface area contributed by atoms with Gasteiger partial charge in [-0.2, -0.15) is 0 Å². The number of rotatable bonds is 3. The molecule has 0 spiro atoms. The molecule has 1 saturated carbocycles. The monoisotopic (exact) mass is 298 g/mol. The normalized spacial score (nSPS) is 23.8. The van der Waals surface area contributed by atoms with E-state index in [4.69, 9.17) is 11.6 Å². The van der Waals surface area contributed by atoms with Crippen LogP contribution in [-0.2, 0) is 0 Å².